The molecule has 2 atom stereocenters. The van der Waals surface area contributed by atoms with Gasteiger partial charge in [-0.3, -0.25) is 4.90 Å². The monoisotopic (exact) mass is 247 g/mol. The molecule has 0 aromatic heterocycles. The van der Waals surface area contributed by atoms with E-state index in [1.54, 1.807) is 0 Å². The van der Waals surface area contributed by atoms with Crippen molar-refractivity contribution in [2.75, 3.05) is 6.54 Å². The maximum atomic E-state index is 9.96. The van der Waals surface area contributed by atoms with Crippen molar-refractivity contribution in [2.24, 2.45) is 5.92 Å². The molecule has 1 fully saturated rings. The van der Waals surface area contributed by atoms with Crippen LogP contribution in [0, 0.1) is 5.92 Å². The summed E-state index contributed by atoms with van der Waals surface area (Å²) in [5, 5.41) is 9.96. The molecule has 0 spiro atoms. The first-order chi connectivity index (χ1) is 8.66. The van der Waals surface area contributed by atoms with Crippen LogP contribution in [0.3, 0.4) is 0 Å². The van der Waals surface area contributed by atoms with Gasteiger partial charge < -0.3 is 5.11 Å². The van der Waals surface area contributed by atoms with Crippen molar-refractivity contribution in [3.63, 3.8) is 0 Å². The van der Waals surface area contributed by atoms with Crippen LogP contribution >= 0.6 is 0 Å². The van der Waals surface area contributed by atoms with Crippen molar-refractivity contribution < 1.29 is 5.11 Å². The number of aliphatic hydroxyl groups is 1. The lowest BCUT2D eigenvalue weighted by Gasteiger charge is -2.30. The van der Waals surface area contributed by atoms with Gasteiger partial charge in [-0.25, -0.2) is 0 Å². The van der Waals surface area contributed by atoms with Crippen molar-refractivity contribution in [1.29, 1.82) is 0 Å². The molecule has 2 unspecified atom stereocenters. The molecule has 100 valence electrons. The normalized spacial score (nSPS) is 24.1. The van der Waals surface area contributed by atoms with Crippen LogP contribution in [0.1, 0.15) is 38.7 Å². The lowest BCUT2D eigenvalue weighted by Crippen LogP contribution is -2.37. The lowest BCUT2D eigenvalue weighted by atomic mass is 10.0. The Labute approximate surface area is 111 Å². The van der Waals surface area contributed by atoms with Crippen molar-refractivity contribution in [3.8, 4) is 0 Å². The second kappa shape index (κ2) is 6.35. The minimum atomic E-state index is -0.0815. The van der Waals surface area contributed by atoms with Gasteiger partial charge in [-0.2, -0.15) is 0 Å². The van der Waals surface area contributed by atoms with Gasteiger partial charge in [0, 0.05) is 19.1 Å². The van der Waals surface area contributed by atoms with Gasteiger partial charge in [0.25, 0.3) is 0 Å². The van der Waals surface area contributed by atoms with E-state index in [1.807, 2.05) is 0 Å². The summed E-state index contributed by atoms with van der Waals surface area (Å²) in [6.07, 6.45) is 3.27. The zero-order chi connectivity index (χ0) is 13.0. The summed E-state index contributed by atoms with van der Waals surface area (Å²) in [4.78, 5) is 2.48. The maximum Gasteiger partial charge on any atom is 0.0580 e. The van der Waals surface area contributed by atoms with Gasteiger partial charge in [0.1, 0.15) is 0 Å². The van der Waals surface area contributed by atoms with Crippen molar-refractivity contribution >= 4 is 0 Å². The highest BCUT2D eigenvalue weighted by molar-refractivity contribution is 5.14. The van der Waals surface area contributed by atoms with Gasteiger partial charge >= 0.3 is 0 Å². The number of nitrogens with zero attached hydrogens (tertiary/aromatic N) is 1. The topological polar surface area (TPSA) is 23.5 Å². The molecule has 2 rings (SSSR count). The highest BCUT2D eigenvalue weighted by Gasteiger charge is 2.27. The third kappa shape index (κ3) is 3.56. The summed E-state index contributed by atoms with van der Waals surface area (Å²) in [5.41, 5.74) is 1.36. The summed E-state index contributed by atoms with van der Waals surface area (Å²) in [6.45, 7) is 6.49. The Hall–Kier alpha value is -0.860. The molecule has 18 heavy (non-hydrogen) atoms. The van der Waals surface area contributed by atoms with Gasteiger partial charge in [0.2, 0.25) is 0 Å². The van der Waals surface area contributed by atoms with Crippen LogP contribution in [-0.4, -0.2) is 28.7 Å². The lowest BCUT2D eigenvalue weighted by molar-refractivity contribution is 0.0877. The van der Waals surface area contributed by atoms with E-state index in [1.165, 1.54) is 18.4 Å². The zero-order valence-electron chi connectivity index (χ0n) is 11.5. The quantitative estimate of drug-likeness (QED) is 0.864. The number of rotatable bonds is 5. The molecule has 2 heteroatoms. The molecule has 0 radical (unpaired) electrons. The van der Waals surface area contributed by atoms with Crippen molar-refractivity contribution in [2.45, 2.75) is 51.8 Å². The zero-order valence-corrected chi connectivity index (χ0v) is 11.5. The van der Waals surface area contributed by atoms with E-state index >= 15 is 0 Å². The molecule has 0 saturated heterocycles. The molecule has 1 aromatic rings. The Kier molecular flexibility index (Phi) is 4.79. The van der Waals surface area contributed by atoms with E-state index in [-0.39, 0.29) is 6.10 Å². The van der Waals surface area contributed by atoms with E-state index in [0.717, 1.165) is 19.5 Å². The van der Waals surface area contributed by atoms with Crippen molar-refractivity contribution in [3.05, 3.63) is 35.9 Å². The Bertz CT molecular complexity index is 349. The third-order valence-electron chi connectivity index (χ3n) is 4.05. The fourth-order valence-electron chi connectivity index (χ4n) is 2.81. The largest absolute Gasteiger partial charge is 0.393 e. The maximum absolute atomic E-state index is 9.96. The van der Waals surface area contributed by atoms with Crippen LogP contribution < -0.4 is 0 Å². The summed E-state index contributed by atoms with van der Waals surface area (Å²) in [6, 6.07) is 11.1. The number of benzene rings is 1. The van der Waals surface area contributed by atoms with E-state index < -0.39 is 0 Å². The van der Waals surface area contributed by atoms with Crippen LogP contribution in [0.2, 0.25) is 0 Å². The predicted octanol–water partition coefficient (Wildman–Crippen LogP) is 3.06. The molecular weight excluding hydrogens is 222 g/mol. The van der Waals surface area contributed by atoms with E-state index in [2.05, 4.69) is 49.1 Å². The first-order valence-electron chi connectivity index (χ1n) is 7.13. The summed E-state index contributed by atoms with van der Waals surface area (Å²) >= 11 is 0. The Morgan fingerprint density at radius 2 is 1.94 bits per heavy atom. The summed E-state index contributed by atoms with van der Waals surface area (Å²) < 4.78 is 0. The summed E-state index contributed by atoms with van der Waals surface area (Å²) in [7, 11) is 0. The molecule has 0 heterocycles. The van der Waals surface area contributed by atoms with Crippen LogP contribution in [0.4, 0.5) is 0 Å². The molecular formula is C16H25NO. The van der Waals surface area contributed by atoms with E-state index in [0.29, 0.717) is 12.0 Å². The molecule has 2 nitrogen and oxygen atoms in total. The number of hydrogen-bond donors (Lipinski definition) is 1. The minimum Gasteiger partial charge on any atom is -0.393 e. The molecule has 0 bridgehead atoms. The van der Waals surface area contributed by atoms with Crippen molar-refractivity contribution in [1.82, 2.24) is 4.90 Å². The standard InChI is InChI=1S/C16H25NO/c1-13(2)17(11-14-7-4-3-5-8-14)12-15-9-6-10-16(15)18/h3-5,7-8,13,15-16,18H,6,9-12H2,1-2H3. The molecule has 1 aliphatic carbocycles. The first kappa shape index (κ1) is 13.6. The molecule has 1 N–H and O–H groups in total. The molecule has 1 saturated carbocycles. The fraction of sp³-hybridized carbons (Fsp3) is 0.625. The minimum absolute atomic E-state index is 0.0815. The van der Waals surface area contributed by atoms with Crippen LogP contribution in [0.25, 0.3) is 0 Å². The van der Waals surface area contributed by atoms with Gasteiger partial charge in [-0.15, -0.1) is 0 Å². The predicted molar refractivity (Wildman–Crippen MR) is 75.3 cm³/mol. The SMILES string of the molecule is CC(C)N(Cc1ccccc1)CC1CCCC1O. The van der Waals surface area contributed by atoms with Gasteiger partial charge in [0.15, 0.2) is 0 Å². The van der Waals surface area contributed by atoms with Gasteiger partial charge in [0.05, 0.1) is 6.10 Å². The Morgan fingerprint density at radius 1 is 1.22 bits per heavy atom. The second-order valence-electron chi connectivity index (χ2n) is 5.77. The van der Waals surface area contributed by atoms with Gasteiger partial charge in [-0.05, 0) is 38.2 Å². The van der Waals surface area contributed by atoms with E-state index in [9.17, 15) is 5.11 Å². The third-order valence-corrected chi connectivity index (χ3v) is 4.05. The Balaban J connectivity index is 1.96. The highest BCUT2D eigenvalue weighted by Crippen LogP contribution is 2.27. The average molecular weight is 247 g/mol. The van der Waals surface area contributed by atoms with Gasteiger partial charge in [-0.1, -0.05) is 36.8 Å². The average Bonchev–Trinajstić information content (AvgIpc) is 2.75. The smallest absolute Gasteiger partial charge is 0.0580 e. The summed E-state index contributed by atoms with van der Waals surface area (Å²) in [5.74, 6) is 0.469. The number of aliphatic hydroxyl groups excluding tert-OH is 1. The Morgan fingerprint density at radius 3 is 2.50 bits per heavy atom. The van der Waals surface area contributed by atoms with Crippen LogP contribution in [-0.2, 0) is 6.54 Å². The molecule has 0 amide bonds. The highest BCUT2D eigenvalue weighted by atomic mass is 16.3. The van der Waals surface area contributed by atoms with Crippen LogP contribution in [0.5, 0.6) is 0 Å². The van der Waals surface area contributed by atoms with E-state index in [4.69, 9.17) is 0 Å². The number of hydrogen-bond acceptors (Lipinski definition) is 2. The fourth-order valence-corrected chi connectivity index (χ4v) is 2.81. The second-order valence-corrected chi connectivity index (χ2v) is 5.77. The molecule has 1 aliphatic rings. The van der Waals surface area contributed by atoms with Crippen LogP contribution in [0.15, 0.2) is 30.3 Å². The first-order valence-corrected chi connectivity index (χ1v) is 7.13. The molecule has 0 aliphatic heterocycles. The molecule has 1 aromatic carbocycles.